The Morgan fingerprint density at radius 2 is 2.00 bits per heavy atom. The Labute approximate surface area is 158 Å². The third kappa shape index (κ3) is 6.29. The van der Waals surface area contributed by atoms with Crippen LogP contribution in [0.15, 0.2) is 29.2 Å². The molecule has 1 aliphatic rings. The van der Waals surface area contributed by atoms with Crippen molar-refractivity contribution in [3.63, 3.8) is 0 Å². The second-order valence-electron chi connectivity index (χ2n) is 6.88. The molecule has 0 radical (unpaired) electrons. The minimum Gasteiger partial charge on any atom is -0.480 e. The molecular formula is C19H27FN2O3S. The molecule has 0 spiro atoms. The SMILES string of the molecule is CC(CSc1ccc(F)cc1)C(=O)N1CCCC(N(C)CC(=O)O)CC1. The lowest BCUT2D eigenvalue weighted by atomic mass is 10.1. The van der Waals surface area contributed by atoms with Crippen LogP contribution in [0, 0.1) is 11.7 Å². The summed E-state index contributed by atoms with van der Waals surface area (Å²) in [7, 11) is 1.83. The summed E-state index contributed by atoms with van der Waals surface area (Å²) in [4.78, 5) is 28.3. The Hall–Kier alpha value is -1.60. The third-order valence-corrected chi connectivity index (χ3v) is 6.02. The van der Waals surface area contributed by atoms with Gasteiger partial charge >= 0.3 is 5.97 Å². The van der Waals surface area contributed by atoms with Gasteiger partial charge in [-0.3, -0.25) is 14.5 Å². The Morgan fingerprint density at radius 3 is 2.65 bits per heavy atom. The number of carbonyl (C=O) groups excluding carboxylic acids is 1. The van der Waals surface area contributed by atoms with E-state index >= 15 is 0 Å². The first-order chi connectivity index (χ1) is 12.4. The third-order valence-electron chi connectivity index (χ3n) is 4.75. The lowest BCUT2D eigenvalue weighted by molar-refractivity contribution is -0.139. The minimum absolute atomic E-state index is 0.0311. The monoisotopic (exact) mass is 382 g/mol. The summed E-state index contributed by atoms with van der Waals surface area (Å²) in [6, 6.07) is 6.51. The highest BCUT2D eigenvalue weighted by molar-refractivity contribution is 7.99. The van der Waals surface area contributed by atoms with Gasteiger partial charge < -0.3 is 10.0 Å². The van der Waals surface area contributed by atoms with Crippen LogP contribution in [-0.2, 0) is 9.59 Å². The van der Waals surface area contributed by atoms with E-state index in [4.69, 9.17) is 5.11 Å². The minimum atomic E-state index is -0.823. The molecule has 1 aromatic carbocycles. The smallest absolute Gasteiger partial charge is 0.317 e. The molecule has 0 aliphatic carbocycles. The van der Waals surface area contributed by atoms with Crippen molar-refractivity contribution in [3.05, 3.63) is 30.1 Å². The average Bonchev–Trinajstić information content (AvgIpc) is 2.86. The zero-order valence-corrected chi connectivity index (χ0v) is 16.2. The number of rotatable bonds is 7. The van der Waals surface area contributed by atoms with Crippen LogP contribution in [0.2, 0.25) is 0 Å². The maximum Gasteiger partial charge on any atom is 0.317 e. The van der Waals surface area contributed by atoms with Crippen molar-refractivity contribution < 1.29 is 19.1 Å². The maximum atomic E-state index is 12.9. The van der Waals surface area contributed by atoms with E-state index in [1.807, 2.05) is 23.8 Å². The number of carbonyl (C=O) groups is 2. The summed E-state index contributed by atoms with van der Waals surface area (Å²) >= 11 is 1.56. The number of benzene rings is 1. The van der Waals surface area contributed by atoms with Gasteiger partial charge in [0.25, 0.3) is 0 Å². The van der Waals surface area contributed by atoms with E-state index in [0.717, 1.165) is 30.7 Å². The van der Waals surface area contributed by atoms with Crippen LogP contribution in [0.3, 0.4) is 0 Å². The van der Waals surface area contributed by atoms with E-state index in [9.17, 15) is 14.0 Å². The summed E-state index contributed by atoms with van der Waals surface area (Å²) < 4.78 is 12.9. The van der Waals surface area contributed by atoms with Crippen LogP contribution in [0.4, 0.5) is 4.39 Å². The number of thioether (sulfide) groups is 1. The second kappa shape index (κ2) is 9.92. The van der Waals surface area contributed by atoms with Crippen LogP contribution >= 0.6 is 11.8 Å². The largest absolute Gasteiger partial charge is 0.480 e. The number of halogens is 1. The summed E-state index contributed by atoms with van der Waals surface area (Å²) in [5, 5.41) is 8.94. The van der Waals surface area contributed by atoms with E-state index in [0.29, 0.717) is 12.3 Å². The molecule has 1 N–H and O–H groups in total. The van der Waals surface area contributed by atoms with Crippen molar-refractivity contribution in [1.82, 2.24) is 9.80 Å². The fraction of sp³-hybridized carbons (Fsp3) is 0.579. The first-order valence-electron chi connectivity index (χ1n) is 8.96. The van der Waals surface area contributed by atoms with E-state index in [1.165, 1.54) is 12.1 Å². The zero-order valence-electron chi connectivity index (χ0n) is 15.4. The highest BCUT2D eigenvalue weighted by Gasteiger charge is 2.26. The van der Waals surface area contributed by atoms with Gasteiger partial charge in [0.15, 0.2) is 0 Å². The molecule has 1 saturated heterocycles. The van der Waals surface area contributed by atoms with Gasteiger partial charge in [0.05, 0.1) is 6.54 Å². The molecule has 2 rings (SSSR count). The lowest BCUT2D eigenvalue weighted by Crippen LogP contribution is -2.39. The summed E-state index contributed by atoms with van der Waals surface area (Å²) in [5.41, 5.74) is 0. The van der Waals surface area contributed by atoms with Crippen LogP contribution in [0.1, 0.15) is 26.2 Å². The quantitative estimate of drug-likeness (QED) is 0.735. The van der Waals surface area contributed by atoms with Gasteiger partial charge in [-0.15, -0.1) is 11.8 Å². The summed E-state index contributed by atoms with van der Waals surface area (Å²) in [6.07, 6.45) is 2.60. The number of nitrogens with zero attached hydrogens (tertiary/aromatic N) is 2. The van der Waals surface area contributed by atoms with Crippen molar-refractivity contribution >= 4 is 23.6 Å². The number of carboxylic acid groups (broad SMARTS) is 1. The van der Waals surface area contributed by atoms with Crippen molar-refractivity contribution in [1.29, 1.82) is 0 Å². The first kappa shape index (κ1) is 20.7. The van der Waals surface area contributed by atoms with E-state index in [2.05, 4.69) is 0 Å². The van der Waals surface area contributed by atoms with Crippen molar-refractivity contribution in [3.8, 4) is 0 Å². The fourth-order valence-electron chi connectivity index (χ4n) is 3.22. The van der Waals surface area contributed by atoms with Crippen LogP contribution < -0.4 is 0 Å². The van der Waals surface area contributed by atoms with Gasteiger partial charge in [-0.1, -0.05) is 6.92 Å². The van der Waals surface area contributed by atoms with Crippen LogP contribution in [0.25, 0.3) is 0 Å². The van der Waals surface area contributed by atoms with Gasteiger partial charge in [-0.05, 0) is 50.6 Å². The van der Waals surface area contributed by atoms with E-state index in [1.54, 1.807) is 23.9 Å². The predicted octanol–water partition coefficient (Wildman–Crippen LogP) is 2.95. The standard InChI is InChI=1S/C19H27FN2O3S/c1-14(13-26-17-7-5-15(20)6-8-17)19(25)22-10-3-4-16(9-11-22)21(2)12-18(23)24/h5-8,14,16H,3-4,9-13H2,1-2H3,(H,23,24). The maximum absolute atomic E-state index is 12.9. The molecule has 0 saturated carbocycles. The number of hydrogen-bond acceptors (Lipinski definition) is 4. The van der Waals surface area contributed by atoms with Gasteiger partial charge in [0.1, 0.15) is 5.82 Å². The molecule has 2 unspecified atom stereocenters. The van der Waals surface area contributed by atoms with Crippen molar-refractivity contribution in [2.75, 3.05) is 32.4 Å². The Morgan fingerprint density at radius 1 is 1.31 bits per heavy atom. The molecule has 7 heteroatoms. The van der Waals surface area contributed by atoms with Gasteiger partial charge in [-0.2, -0.15) is 0 Å². The van der Waals surface area contributed by atoms with E-state index in [-0.39, 0.29) is 30.2 Å². The summed E-state index contributed by atoms with van der Waals surface area (Å²) in [5.74, 6) is -0.398. The molecule has 1 aromatic rings. The number of hydrogen-bond donors (Lipinski definition) is 1. The Bertz CT molecular complexity index is 611. The van der Waals surface area contributed by atoms with Gasteiger partial charge in [0.2, 0.25) is 5.91 Å². The fourth-order valence-corrected chi connectivity index (χ4v) is 4.13. The molecule has 1 amide bonds. The number of likely N-dealkylation sites (tertiary alicyclic amines) is 1. The van der Waals surface area contributed by atoms with E-state index < -0.39 is 5.97 Å². The molecule has 1 heterocycles. The summed E-state index contributed by atoms with van der Waals surface area (Å²) in [6.45, 7) is 3.35. The highest BCUT2D eigenvalue weighted by Crippen LogP contribution is 2.23. The van der Waals surface area contributed by atoms with Crippen molar-refractivity contribution in [2.24, 2.45) is 5.92 Å². The second-order valence-corrected chi connectivity index (χ2v) is 7.98. The highest BCUT2D eigenvalue weighted by atomic mass is 32.2. The average molecular weight is 383 g/mol. The normalized spacial score (nSPS) is 19.2. The molecule has 5 nitrogen and oxygen atoms in total. The molecule has 26 heavy (non-hydrogen) atoms. The van der Waals surface area contributed by atoms with Crippen LogP contribution in [0.5, 0.6) is 0 Å². The predicted molar refractivity (Wildman–Crippen MR) is 101 cm³/mol. The Kier molecular flexibility index (Phi) is 7.90. The molecular weight excluding hydrogens is 355 g/mol. The lowest BCUT2D eigenvalue weighted by Gasteiger charge is -2.26. The first-order valence-corrected chi connectivity index (χ1v) is 9.94. The number of likely N-dealkylation sites (N-methyl/N-ethyl adjacent to an activating group) is 1. The van der Waals surface area contributed by atoms with Crippen molar-refractivity contribution in [2.45, 2.75) is 37.1 Å². The van der Waals surface area contributed by atoms with Gasteiger partial charge in [0, 0.05) is 35.7 Å². The van der Waals surface area contributed by atoms with Gasteiger partial charge in [-0.25, -0.2) is 4.39 Å². The number of amides is 1. The molecule has 144 valence electrons. The topological polar surface area (TPSA) is 60.9 Å². The number of aliphatic carboxylic acids is 1. The molecule has 1 aliphatic heterocycles. The Balaban J connectivity index is 1.82. The molecule has 0 aromatic heterocycles. The zero-order chi connectivity index (χ0) is 19.1. The molecule has 0 bridgehead atoms. The van der Waals surface area contributed by atoms with Crippen LogP contribution in [-0.4, -0.2) is 65.3 Å². The molecule has 2 atom stereocenters. The number of carboxylic acids is 1. The molecule has 1 fully saturated rings.